The Hall–Kier alpha value is -0.750. The summed E-state index contributed by atoms with van der Waals surface area (Å²) in [5, 5.41) is 9.29. The molecule has 3 N–H and O–H groups in total. The summed E-state index contributed by atoms with van der Waals surface area (Å²) in [4.78, 5) is 3.38. The van der Waals surface area contributed by atoms with Crippen molar-refractivity contribution in [3.8, 4) is 5.75 Å². The van der Waals surface area contributed by atoms with Crippen LogP contribution in [-0.4, -0.2) is 10.1 Å². The Morgan fingerprint density at radius 1 is 1.62 bits per heavy atom. The van der Waals surface area contributed by atoms with Crippen LogP contribution in [0.25, 0.3) is 0 Å². The van der Waals surface area contributed by atoms with E-state index >= 15 is 0 Å². The van der Waals surface area contributed by atoms with Crippen molar-refractivity contribution >= 4 is 15.9 Å². The Morgan fingerprint density at radius 2 is 2.23 bits per heavy atom. The molecule has 1 aromatic rings. The largest absolute Gasteiger partial charge is 0.505 e. The lowest BCUT2D eigenvalue weighted by Crippen LogP contribution is -2.02. The van der Waals surface area contributed by atoms with E-state index in [1.54, 1.807) is 0 Å². The van der Waals surface area contributed by atoms with E-state index in [2.05, 4.69) is 20.9 Å². The molecule has 0 aliphatic heterocycles. The molecule has 0 radical (unpaired) electrons. The monoisotopic (exact) mass is 252 g/mol. The van der Waals surface area contributed by atoms with Crippen LogP contribution in [-0.2, 0) is 6.54 Å². The first-order valence-corrected chi connectivity index (χ1v) is 4.21. The molecule has 0 unspecified atom stereocenters. The topological polar surface area (TPSA) is 59.1 Å². The number of aromatic hydroxyl groups is 1. The molecule has 3 nitrogen and oxygen atoms in total. The van der Waals surface area contributed by atoms with Gasteiger partial charge in [0.15, 0.2) is 0 Å². The van der Waals surface area contributed by atoms with Crippen LogP contribution in [0.3, 0.4) is 0 Å². The summed E-state index contributed by atoms with van der Waals surface area (Å²) >= 11 is 3.04. The molecule has 0 aliphatic rings. The van der Waals surface area contributed by atoms with Crippen LogP contribution in [0.15, 0.2) is 10.7 Å². The minimum absolute atomic E-state index is 0.0192. The molecular weight excluding hydrogens is 246 g/mol. The van der Waals surface area contributed by atoms with Crippen molar-refractivity contribution in [2.45, 2.75) is 13.0 Å². The number of rotatable bonds is 2. The number of alkyl halides is 2. The first-order valence-electron chi connectivity index (χ1n) is 3.42. The zero-order chi connectivity index (χ0) is 10.0. The van der Waals surface area contributed by atoms with Gasteiger partial charge in [0, 0.05) is 22.8 Å². The molecule has 0 saturated heterocycles. The van der Waals surface area contributed by atoms with Crippen molar-refractivity contribution < 1.29 is 13.9 Å². The van der Waals surface area contributed by atoms with E-state index in [4.69, 9.17) is 5.73 Å². The molecular formula is C7H7BrF2N2O. The third kappa shape index (κ3) is 1.94. The molecule has 1 rings (SSSR count). The molecule has 6 heteroatoms. The van der Waals surface area contributed by atoms with Gasteiger partial charge in [0.2, 0.25) is 0 Å². The first kappa shape index (κ1) is 10.3. The van der Waals surface area contributed by atoms with Crippen LogP contribution in [0.5, 0.6) is 5.75 Å². The number of hydrogen-bond acceptors (Lipinski definition) is 3. The Bertz CT molecular complexity index is 320. The molecule has 0 bridgehead atoms. The van der Waals surface area contributed by atoms with E-state index in [0.29, 0.717) is 4.47 Å². The third-order valence-electron chi connectivity index (χ3n) is 1.54. The van der Waals surface area contributed by atoms with E-state index < -0.39 is 17.9 Å². The van der Waals surface area contributed by atoms with Gasteiger partial charge in [0.05, 0.1) is 0 Å². The maximum atomic E-state index is 12.2. The second-order valence-electron chi connectivity index (χ2n) is 2.32. The average Bonchev–Trinajstić information content (AvgIpc) is 2.04. The average molecular weight is 253 g/mol. The normalized spacial score (nSPS) is 10.8. The van der Waals surface area contributed by atoms with Gasteiger partial charge in [-0.1, -0.05) is 0 Å². The fraction of sp³-hybridized carbons (Fsp3) is 0.286. The fourth-order valence-corrected chi connectivity index (χ4v) is 1.34. The van der Waals surface area contributed by atoms with Crippen molar-refractivity contribution in [3.63, 3.8) is 0 Å². The van der Waals surface area contributed by atoms with Gasteiger partial charge in [-0.05, 0) is 15.9 Å². The maximum Gasteiger partial charge on any atom is 0.284 e. The van der Waals surface area contributed by atoms with Crippen LogP contribution in [0.4, 0.5) is 8.78 Å². The summed E-state index contributed by atoms with van der Waals surface area (Å²) in [7, 11) is 0. The molecule has 0 aromatic carbocycles. The van der Waals surface area contributed by atoms with Crippen molar-refractivity contribution in [1.82, 2.24) is 4.98 Å². The molecule has 0 fully saturated rings. The van der Waals surface area contributed by atoms with Crippen LogP contribution in [0.2, 0.25) is 0 Å². The number of aromatic nitrogens is 1. The number of nitrogens with zero attached hydrogens (tertiary/aromatic N) is 1. The second-order valence-corrected chi connectivity index (χ2v) is 3.18. The highest BCUT2D eigenvalue weighted by Crippen LogP contribution is 2.32. The van der Waals surface area contributed by atoms with Crippen molar-refractivity contribution in [2.75, 3.05) is 0 Å². The van der Waals surface area contributed by atoms with E-state index in [0.717, 1.165) is 0 Å². The van der Waals surface area contributed by atoms with E-state index in [1.807, 2.05) is 0 Å². The van der Waals surface area contributed by atoms with Gasteiger partial charge in [0.1, 0.15) is 11.4 Å². The van der Waals surface area contributed by atoms with Gasteiger partial charge in [-0.3, -0.25) is 4.98 Å². The molecule has 72 valence electrons. The summed E-state index contributed by atoms with van der Waals surface area (Å²) in [6.07, 6.45) is -1.60. The molecule has 0 atom stereocenters. The minimum Gasteiger partial charge on any atom is -0.505 e. The molecule has 0 aliphatic carbocycles. The smallest absolute Gasteiger partial charge is 0.284 e. The van der Waals surface area contributed by atoms with E-state index in [1.165, 1.54) is 6.20 Å². The van der Waals surface area contributed by atoms with E-state index in [9.17, 15) is 13.9 Å². The molecule has 0 amide bonds. The zero-order valence-corrected chi connectivity index (χ0v) is 8.05. The third-order valence-corrected chi connectivity index (χ3v) is 2.23. The Balaban J connectivity index is 3.27. The predicted molar refractivity (Wildman–Crippen MR) is 46.5 cm³/mol. The van der Waals surface area contributed by atoms with Gasteiger partial charge in [-0.15, -0.1) is 0 Å². The highest BCUT2D eigenvalue weighted by atomic mass is 79.9. The van der Waals surface area contributed by atoms with Crippen molar-refractivity contribution in [1.29, 1.82) is 0 Å². The Kier molecular flexibility index (Phi) is 3.16. The van der Waals surface area contributed by atoms with Gasteiger partial charge in [-0.2, -0.15) is 0 Å². The molecule has 13 heavy (non-hydrogen) atoms. The summed E-state index contributed by atoms with van der Waals surface area (Å²) < 4.78 is 24.8. The molecule has 0 saturated carbocycles. The molecule has 0 spiro atoms. The Labute approximate surface area is 81.7 Å². The van der Waals surface area contributed by atoms with Crippen molar-refractivity contribution in [2.24, 2.45) is 5.73 Å². The summed E-state index contributed by atoms with van der Waals surface area (Å²) in [6.45, 7) is -0.0192. The zero-order valence-electron chi connectivity index (χ0n) is 6.47. The van der Waals surface area contributed by atoms with Crippen LogP contribution in [0.1, 0.15) is 17.7 Å². The van der Waals surface area contributed by atoms with Gasteiger partial charge in [0.25, 0.3) is 6.43 Å². The lowest BCUT2D eigenvalue weighted by Gasteiger charge is -2.08. The summed E-state index contributed by atoms with van der Waals surface area (Å²) in [5.74, 6) is -0.535. The van der Waals surface area contributed by atoms with Gasteiger partial charge >= 0.3 is 0 Å². The van der Waals surface area contributed by atoms with Crippen LogP contribution >= 0.6 is 15.9 Å². The van der Waals surface area contributed by atoms with Crippen molar-refractivity contribution in [3.05, 3.63) is 21.9 Å². The number of nitrogens with two attached hydrogens (primary N) is 1. The maximum absolute atomic E-state index is 12.2. The molecule has 1 aromatic heterocycles. The number of halogens is 3. The van der Waals surface area contributed by atoms with Crippen LogP contribution < -0.4 is 5.73 Å². The highest BCUT2D eigenvalue weighted by Gasteiger charge is 2.18. The minimum atomic E-state index is -2.79. The lowest BCUT2D eigenvalue weighted by molar-refractivity contribution is 0.141. The summed E-state index contributed by atoms with van der Waals surface area (Å²) in [6, 6.07) is 0. The van der Waals surface area contributed by atoms with Gasteiger partial charge < -0.3 is 10.8 Å². The lowest BCUT2D eigenvalue weighted by atomic mass is 10.2. The summed E-state index contributed by atoms with van der Waals surface area (Å²) in [5.41, 5.74) is 4.86. The fourth-order valence-electron chi connectivity index (χ4n) is 0.887. The van der Waals surface area contributed by atoms with Crippen LogP contribution in [0, 0.1) is 0 Å². The van der Waals surface area contributed by atoms with Gasteiger partial charge in [-0.25, -0.2) is 8.78 Å². The number of hydrogen-bond donors (Lipinski definition) is 2. The standard InChI is InChI=1S/C7H7BrF2N2O/c8-4-2-12-5(7(9)10)6(13)3(4)1-11/h2,7,13H,1,11H2. The molecule has 1 heterocycles. The highest BCUT2D eigenvalue weighted by molar-refractivity contribution is 9.10. The second kappa shape index (κ2) is 3.97. The predicted octanol–water partition coefficient (Wildman–Crippen LogP) is 1.95. The SMILES string of the molecule is NCc1c(Br)cnc(C(F)F)c1O. The van der Waals surface area contributed by atoms with E-state index in [-0.39, 0.29) is 12.1 Å². The number of pyridine rings is 1. The quantitative estimate of drug-likeness (QED) is 0.846. The first-order chi connectivity index (χ1) is 6.07. The Morgan fingerprint density at radius 3 is 2.69 bits per heavy atom.